The van der Waals surface area contributed by atoms with E-state index in [9.17, 15) is 14.9 Å². The Labute approximate surface area is 96.7 Å². The van der Waals surface area contributed by atoms with Gasteiger partial charge in [0.1, 0.15) is 5.56 Å². The molecule has 17 heavy (non-hydrogen) atoms. The molecule has 1 aromatic rings. The number of hydrogen-bond acceptors (Lipinski definition) is 5. The third kappa shape index (κ3) is 2.12. The molecule has 0 atom stereocenters. The van der Waals surface area contributed by atoms with Crippen LogP contribution in [0, 0.1) is 17.0 Å². The summed E-state index contributed by atoms with van der Waals surface area (Å²) in [5, 5.41) is 19.8. The van der Waals surface area contributed by atoms with Crippen molar-refractivity contribution in [1.29, 1.82) is 0 Å². The van der Waals surface area contributed by atoms with E-state index < -0.39 is 22.1 Å². The molecule has 0 heterocycles. The van der Waals surface area contributed by atoms with Gasteiger partial charge >= 0.3 is 5.97 Å². The number of rotatable bonds is 4. The van der Waals surface area contributed by atoms with Crippen LogP contribution >= 0.6 is 0 Å². The predicted molar refractivity (Wildman–Crippen MR) is 57.9 cm³/mol. The van der Waals surface area contributed by atoms with Crippen LogP contribution in [-0.4, -0.2) is 30.2 Å². The number of methoxy groups -OCH3 is 2. The van der Waals surface area contributed by atoms with Crippen LogP contribution in [0.1, 0.15) is 15.9 Å². The quantitative estimate of drug-likeness (QED) is 0.635. The first-order chi connectivity index (χ1) is 7.93. The van der Waals surface area contributed by atoms with Gasteiger partial charge in [-0.1, -0.05) is 0 Å². The van der Waals surface area contributed by atoms with Crippen molar-refractivity contribution in [1.82, 2.24) is 0 Å². The smallest absolute Gasteiger partial charge is 0.343 e. The minimum Gasteiger partial charge on any atom is -0.493 e. The molecule has 0 aliphatic rings. The number of nitro groups is 1. The van der Waals surface area contributed by atoms with Crippen LogP contribution in [0.5, 0.6) is 11.5 Å². The van der Waals surface area contributed by atoms with Crippen molar-refractivity contribution < 1.29 is 24.3 Å². The van der Waals surface area contributed by atoms with Crippen LogP contribution in [0.2, 0.25) is 0 Å². The normalized spacial score (nSPS) is 9.82. The van der Waals surface area contributed by atoms with E-state index in [1.165, 1.54) is 21.1 Å². The van der Waals surface area contributed by atoms with Crippen LogP contribution in [0.25, 0.3) is 0 Å². The fraction of sp³-hybridized carbons (Fsp3) is 0.300. The highest BCUT2D eigenvalue weighted by Crippen LogP contribution is 2.38. The molecule has 7 heteroatoms. The summed E-state index contributed by atoms with van der Waals surface area (Å²) in [5.41, 5.74) is -0.758. The number of carbonyl (C=O) groups is 1. The van der Waals surface area contributed by atoms with Crippen LogP contribution < -0.4 is 9.47 Å². The van der Waals surface area contributed by atoms with Gasteiger partial charge in [0.2, 0.25) is 0 Å². The third-order valence-corrected chi connectivity index (χ3v) is 2.30. The molecule has 0 spiro atoms. The molecule has 0 bridgehead atoms. The Balaban J connectivity index is 3.67. The van der Waals surface area contributed by atoms with E-state index in [-0.39, 0.29) is 17.1 Å². The molecular formula is C10H11NO6. The molecule has 0 unspecified atom stereocenters. The molecule has 0 amide bonds. The fourth-order valence-corrected chi connectivity index (χ4v) is 1.57. The van der Waals surface area contributed by atoms with Gasteiger partial charge in [0, 0.05) is 5.56 Å². The second-order valence-corrected chi connectivity index (χ2v) is 3.19. The van der Waals surface area contributed by atoms with Gasteiger partial charge in [-0.15, -0.1) is 0 Å². The Morgan fingerprint density at radius 1 is 1.41 bits per heavy atom. The van der Waals surface area contributed by atoms with E-state index in [1.807, 2.05) is 0 Å². The molecule has 7 nitrogen and oxygen atoms in total. The van der Waals surface area contributed by atoms with Crippen molar-refractivity contribution >= 4 is 11.7 Å². The molecule has 92 valence electrons. The first-order valence-corrected chi connectivity index (χ1v) is 4.57. The van der Waals surface area contributed by atoms with E-state index in [0.717, 1.165) is 6.07 Å². The summed E-state index contributed by atoms with van der Waals surface area (Å²) in [5.74, 6) is -1.08. The Kier molecular flexibility index (Phi) is 3.52. The number of nitro benzene ring substituents is 1. The van der Waals surface area contributed by atoms with E-state index in [0.29, 0.717) is 0 Å². The monoisotopic (exact) mass is 241 g/mol. The topological polar surface area (TPSA) is 98.9 Å². The number of carboxylic acids is 1. The van der Waals surface area contributed by atoms with Gasteiger partial charge in [-0.25, -0.2) is 4.79 Å². The van der Waals surface area contributed by atoms with Crippen molar-refractivity contribution in [3.05, 3.63) is 27.3 Å². The molecule has 1 aromatic carbocycles. The van der Waals surface area contributed by atoms with Crippen LogP contribution in [0.4, 0.5) is 5.69 Å². The zero-order valence-corrected chi connectivity index (χ0v) is 9.51. The summed E-state index contributed by atoms with van der Waals surface area (Å²) in [6.07, 6.45) is 0. The fourth-order valence-electron chi connectivity index (χ4n) is 1.57. The highest BCUT2D eigenvalue weighted by molar-refractivity contribution is 5.95. The van der Waals surface area contributed by atoms with Gasteiger partial charge < -0.3 is 14.6 Å². The van der Waals surface area contributed by atoms with Crippen molar-refractivity contribution in [2.45, 2.75) is 6.92 Å². The maximum atomic E-state index is 11.0. The average Bonchev–Trinajstić information content (AvgIpc) is 2.26. The standard InChI is InChI=1S/C10H11NO6/c1-5-8(10(12)13)6(11(14)15)4-7(16-2)9(5)17-3/h4H,1-3H3,(H,12,13). The number of benzene rings is 1. The van der Waals surface area contributed by atoms with Crippen molar-refractivity contribution in [3.8, 4) is 11.5 Å². The maximum Gasteiger partial charge on any atom is 0.343 e. The zero-order valence-electron chi connectivity index (χ0n) is 9.51. The summed E-state index contributed by atoms with van der Waals surface area (Å²) < 4.78 is 9.90. The summed E-state index contributed by atoms with van der Waals surface area (Å²) in [4.78, 5) is 21.0. The number of carboxylic acid groups (broad SMARTS) is 1. The molecule has 0 aliphatic carbocycles. The largest absolute Gasteiger partial charge is 0.493 e. The number of hydrogen-bond donors (Lipinski definition) is 1. The Morgan fingerprint density at radius 3 is 2.35 bits per heavy atom. The summed E-state index contributed by atoms with van der Waals surface area (Å²) in [6, 6.07) is 1.04. The predicted octanol–water partition coefficient (Wildman–Crippen LogP) is 1.62. The lowest BCUT2D eigenvalue weighted by Gasteiger charge is -2.12. The first kappa shape index (κ1) is 12.8. The Morgan fingerprint density at radius 2 is 2.00 bits per heavy atom. The molecule has 0 aromatic heterocycles. The van der Waals surface area contributed by atoms with E-state index >= 15 is 0 Å². The lowest BCUT2D eigenvalue weighted by atomic mass is 10.0. The van der Waals surface area contributed by atoms with Crippen molar-refractivity contribution in [2.75, 3.05) is 14.2 Å². The second-order valence-electron chi connectivity index (χ2n) is 3.19. The van der Waals surface area contributed by atoms with E-state index in [1.54, 1.807) is 0 Å². The van der Waals surface area contributed by atoms with Gasteiger partial charge in [-0.2, -0.15) is 0 Å². The lowest BCUT2D eigenvalue weighted by molar-refractivity contribution is -0.385. The zero-order chi connectivity index (χ0) is 13.2. The van der Waals surface area contributed by atoms with Gasteiger partial charge in [-0.05, 0) is 6.92 Å². The summed E-state index contributed by atoms with van der Waals surface area (Å²) >= 11 is 0. The van der Waals surface area contributed by atoms with Crippen LogP contribution in [0.15, 0.2) is 6.07 Å². The second kappa shape index (κ2) is 4.69. The molecule has 0 saturated carbocycles. The number of ether oxygens (including phenoxy) is 2. The maximum absolute atomic E-state index is 11.0. The Hall–Kier alpha value is -2.31. The van der Waals surface area contributed by atoms with Gasteiger partial charge in [0.15, 0.2) is 11.5 Å². The molecule has 1 rings (SSSR count). The average molecular weight is 241 g/mol. The minimum absolute atomic E-state index is 0.127. The molecule has 0 aliphatic heterocycles. The lowest BCUT2D eigenvalue weighted by Crippen LogP contribution is -2.08. The van der Waals surface area contributed by atoms with Crippen molar-refractivity contribution in [2.24, 2.45) is 0 Å². The molecule has 0 saturated heterocycles. The molecular weight excluding hydrogens is 230 g/mol. The van der Waals surface area contributed by atoms with Crippen LogP contribution in [0.3, 0.4) is 0 Å². The van der Waals surface area contributed by atoms with E-state index in [4.69, 9.17) is 14.6 Å². The van der Waals surface area contributed by atoms with Gasteiger partial charge in [0.25, 0.3) is 5.69 Å². The number of aromatic carboxylic acids is 1. The summed E-state index contributed by atoms with van der Waals surface area (Å²) in [6.45, 7) is 1.43. The van der Waals surface area contributed by atoms with Gasteiger partial charge in [-0.3, -0.25) is 10.1 Å². The number of nitrogens with zero attached hydrogens (tertiary/aromatic N) is 1. The van der Waals surface area contributed by atoms with Gasteiger partial charge in [0.05, 0.1) is 25.2 Å². The molecule has 0 fully saturated rings. The SMILES string of the molecule is COc1cc([N+](=O)[O-])c(C(=O)O)c(C)c1OC. The highest BCUT2D eigenvalue weighted by Gasteiger charge is 2.28. The molecule has 1 N–H and O–H groups in total. The summed E-state index contributed by atoms with van der Waals surface area (Å²) in [7, 11) is 2.66. The molecule has 0 radical (unpaired) electrons. The van der Waals surface area contributed by atoms with Crippen LogP contribution in [-0.2, 0) is 0 Å². The highest BCUT2D eigenvalue weighted by atomic mass is 16.6. The van der Waals surface area contributed by atoms with Crippen molar-refractivity contribution in [3.63, 3.8) is 0 Å². The first-order valence-electron chi connectivity index (χ1n) is 4.57. The minimum atomic E-state index is -1.38. The third-order valence-electron chi connectivity index (χ3n) is 2.30. The Bertz CT molecular complexity index is 482. The van der Waals surface area contributed by atoms with E-state index in [2.05, 4.69) is 0 Å².